The minimum absolute atomic E-state index is 0.190. The number of carbonyl (C=O) groups excluding carboxylic acids is 1. The van der Waals surface area contributed by atoms with Crippen LogP contribution in [-0.2, 0) is 6.54 Å². The van der Waals surface area contributed by atoms with Gasteiger partial charge in [0.05, 0.1) is 7.11 Å². The Morgan fingerprint density at radius 1 is 1.21 bits per heavy atom. The predicted molar refractivity (Wildman–Crippen MR) is 115 cm³/mol. The largest absolute Gasteiger partial charge is 0.497 e. The second-order valence-corrected chi connectivity index (χ2v) is 10.3. The second-order valence-electron chi connectivity index (χ2n) is 7.21. The number of carbonyl (C=O) groups is 1. The van der Waals surface area contributed by atoms with E-state index in [1.54, 1.807) is 45.2 Å². The van der Waals surface area contributed by atoms with Crippen LogP contribution in [0.4, 0.5) is 0 Å². The smallest absolute Gasteiger partial charge is 0.362 e. The average Bonchev–Trinajstić information content (AvgIpc) is 3.14. The van der Waals surface area contributed by atoms with Crippen molar-refractivity contribution >= 4 is 31.5 Å². The topological polar surface area (TPSA) is 91.9 Å². The van der Waals surface area contributed by atoms with E-state index in [1.807, 2.05) is 30.3 Å². The highest BCUT2D eigenvalue weighted by molar-refractivity contribution is 6.72. The molecule has 2 aromatic carbocycles. The molecule has 1 aromatic heterocycles. The van der Waals surface area contributed by atoms with Crippen LogP contribution in [-0.4, -0.2) is 31.2 Å². The highest BCUT2D eigenvalue weighted by Crippen LogP contribution is 2.24. The lowest BCUT2D eigenvalue weighted by Gasteiger charge is -2.17. The molecule has 7 heteroatoms. The van der Waals surface area contributed by atoms with Crippen molar-refractivity contribution in [2.24, 2.45) is 0 Å². The Labute approximate surface area is 170 Å². The third-order valence-electron chi connectivity index (χ3n) is 4.72. The molecule has 1 heterocycles. The van der Waals surface area contributed by atoms with Crippen LogP contribution in [0.5, 0.6) is 5.75 Å². The Hall–Kier alpha value is -2.87. The minimum Gasteiger partial charge on any atom is -0.497 e. The van der Waals surface area contributed by atoms with Crippen LogP contribution in [0.2, 0.25) is 5.54 Å². The van der Waals surface area contributed by atoms with Crippen molar-refractivity contribution in [1.29, 1.82) is 0 Å². The number of rotatable bonds is 7. The van der Waals surface area contributed by atoms with Gasteiger partial charge < -0.3 is 24.1 Å². The predicted octanol–water partition coefficient (Wildman–Crippen LogP) is 3.76. The molecule has 0 saturated heterocycles. The maximum atomic E-state index is 12.4. The van der Waals surface area contributed by atoms with E-state index < -0.39 is 8.56 Å². The van der Waals surface area contributed by atoms with E-state index >= 15 is 0 Å². The van der Waals surface area contributed by atoms with E-state index in [4.69, 9.17) is 9.15 Å². The molecule has 0 aliphatic heterocycles. The molecule has 3 rings (SSSR count). The zero-order chi connectivity index (χ0) is 21.0. The summed E-state index contributed by atoms with van der Waals surface area (Å²) < 4.78 is 10.8. The Bertz CT molecular complexity index is 1040. The van der Waals surface area contributed by atoms with Crippen LogP contribution in [0.25, 0.3) is 17.0 Å². The van der Waals surface area contributed by atoms with Gasteiger partial charge in [0.15, 0.2) is 5.76 Å². The van der Waals surface area contributed by atoms with Crippen LogP contribution < -0.4 is 10.1 Å². The summed E-state index contributed by atoms with van der Waals surface area (Å²) in [6.07, 6.45) is 1.71. The molecule has 0 bridgehead atoms. The number of methoxy groups -OCH3 is 1. The van der Waals surface area contributed by atoms with Gasteiger partial charge in [0.2, 0.25) is 0 Å². The van der Waals surface area contributed by atoms with Crippen LogP contribution in [0.1, 0.15) is 35.5 Å². The van der Waals surface area contributed by atoms with Crippen molar-refractivity contribution in [2.45, 2.75) is 25.9 Å². The molecule has 0 radical (unpaired) electrons. The molecule has 0 fully saturated rings. The van der Waals surface area contributed by atoms with Gasteiger partial charge in [-0.3, -0.25) is 4.79 Å². The molecular formula is C22H25NO5Si. The number of amides is 1. The molecule has 6 nitrogen and oxygen atoms in total. The minimum atomic E-state index is -3.36. The van der Waals surface area contributed by atoms with Crippen LogP contribution in [0.15, 0.2) is 58.6 Å². The lowest BCUT2D eigenvalue weighted by atomic mass is 10.1. The van der Waals surface area contributed by atoms with Gasteiger partial charge in [-0.25, -0.2) is 0 Å². The first-order chi connectivity index (χ1) is 13.8. The molecule has 0 aliphatic carbocycles. The standard InChI is InChI=1S/C22H25NO5Si/c1-15(2)29(25,26)10-9-16-5-4-6-17(11-16)14-23-22(24)21-13-18-12-19(27-3)7-8-20(18)28-21/h4-13,15,25-26H,14H2,1-3H3,(H,23,24)/b10-9+. The fourth-order valence-electron chi connectivity index (χ4n) is 2.75. The first-order valence-electron chi connectivity index (χ1n) is 9.37. The van der Waals surface area contributed by atoms with Gasteiger partial charge in [0, 0.05) is 17.5 Å². The molecule has 3 N–H and O–H groups in total. The number of furan rings is 1. The van der Waals surface area contributed by atoms with Crippen molar-refractivity contribution in [3.05, 3.63) is 71.1 Å². The Morgan fingerprint density at radius 2 is 2.00 bits per heavy atom. The number of nitrogens with one attached hydrogen (secondary N) is 1. The maximum Gasteiger partial charge on any atom is 0.362 e. The summed E-state index contributed by atoms with van der Waals surface area (Å²) in [5.74, 6) is 0.626. The zero-order valence-corrected chi connectivity index (χ0v) is 17.7. The first-order valence-corrected chi connectivity index (χ1v) is 11.4. The molecule has 29 heavy (non-hydrogen) atoms. The number of fused-ring (bicyclic) bond motifs is 1. The molecule has 0 aliphatic rings. The third-order valence-corrected chi connectivity index (χ3v) is 7.08. The summed E-state index contributed by atoms with van der Waals surface area (Å²) in [6, 6.07) is 14.6. The number of hydrogen-bond acceptors (Lipinski definition) is 5. The first kappa shape index (κ1) is 20.9. The van der Waals surface area contributed by atoms with Gasteiger partial charge in [-0.05, 0) is 41.1 Å². The second kappa shape index (κ2) is 8.65. The van der Waals surface area contributed by atoms with Crippen molar-refractivity contribution in [2.75, 3.05) is 7.11 Å². The summed E-state index contributed by atoms with van der Waals surface area (Å²) in [7, 11) is -1.77. The van der Waals surface area contributed by atoms with Crippen molar-refractivity contribution in [3.8, 4) is 5.75 Å². The highest BCUT2D eigenvalue weighted by atomic mass is 28.4. The van der Waals surface area contributed by atoms with Gasteiger partial charge >= 0.3 is 8.56 Å². The van der Waals surface area contributed by atoms with Crippen LogP contribution in [0.3, 0.4) is 0 Å². The normalized spacial score (nSPS) is 12.1. The summed E-state index contributed by atoms with van der Waals surface area (Å²) >= 11 is 0. The molecule has 0 spiro atoms. The lowest BCUT2D eigenvalue weighted by Crippen LogP contribution is -2.35. The summed E-state index contributed by atoms with van der Waals surface area (Å²) in [6.45, 7) is 3.90. The Balaban J connectivity index is 1.67. The number of benzene rings is 2. The van der Waals surface area contributed by atoms with E-state index in [9.17, 15) is 14.4 Å². The number of hydrogen-bond donors (Lipinski definition) is 3. The summed E-state index contributed by atoms with van der Waals surface area (Å²) in [4.78, 5) is 32.5. The third kappa shape index (κ3) is 5.14. The molecule has 1 amide bonds. The summed E-state index contributed by atoms with van der Waals surface area (Å²) in [5.41, 5.74) is 3.66. The summed E-state index contributed by atoms with van der Waals surface area (Å²) in [5, 5.41) is 3.64. The molecule has 3 aromatic rings. The van der Waals surface area contributed by atoms with Crippen molar-refractivity contribution < 1.29 is 23.5 Å². The van der Waals surface area contributed by atoms with Gasteiger partial charge in [0.25, 0.3) is 5.91 Å². The van der Waals surface area contributed by atoms with Gasteiger partial charge in [-0.15, -0.1) is 0 Å². The van der Waals surface area contributed by atoms with Crippen molar-refractivity contribution in [3.63, 3.8) is 0 Å². The van der Waals surface area contributed by atoms with Crippen LogP contribution >= 0.6 is 0 Å². The Morgan fingerprint density at radius 3 is 2.72 bits per heavy atom. The van der Waals surface area contributed by atoms with Crippen LogP contribution in [0, 0.1) is 0 Å². The molecule has 0 atom stereocenters. The molecule has 0 unspecified atom stereocenters. The van der Waals surface area contributed by atoms with Crippen molar-refractivity contribution in [1.82, 2.24) is 5.32 Å². The maximum absolute atomic E-state index is 12.4. The monoisotopic (exact) mass is 411 g/mol. The van der Waals surface area contributed by atoms with Gasteiger partial charge in [-0.2, -0.15) is 0 Å². The van der Waals surface area contributed by atoms with E-state index in [0.717, 1.165) is 16.5 Å². The highest BCUT2D eigenvalue weighted by Gasteiger charge is 2.29. The fraction of sp³-hybridized carbons (Fsp3) is 0.227. The number of ether oxygens (including phenoxy) is 1. The lowest BCUT2D eigenvalue weighted by molar-refractivity contribution is 0.0925. The van der Waals surface area contributed by atoms with Gasteiger partial charge in [-0.1, -0.05) is 44.2 Å². The van der Waals surface area contributed by atoms with Gasteiger partial charge in [0.1, 0.15) is 11.3 Å². The Kier molecular flexibility index (Phi) is 6.22. The van der Waals surface area contributed by atoms with E-state index in [1.165, 1.54) is 5.70 Å². The fourth-order valence-corrected chi connectivity index (χ4v) is 3.57. The average molecular weight is 412 g/mol. The quantitative estimate of drug-likeness (QED) is 0.515. The molecular weight excluding hydrogens is 386 g/mol. The molecule has 0 saturated carbocycles. The zero-order valence-electron chi connectivity index (χ0n) is 16.7. The van der Waals surface area contributed by atoms with E-state index in [2.05, 4.69) is 5.32 Å². The van der Waals surface area contributed by atoms with E-state index in [0.29, 0.717) is 17.9 Å². The molecule has 152 valence electrons. The SMILES string of the molecule is COc1ccc2oc(C(=O)NCc3cccc(/C=C/[Si](O)(O)C(C)C)c3)cc2c1. The van der Waals surface area contributed by atoms with E-state index in [-0.39, 0.29) is 17.2 Å².